The van der Waals surface area contributed by atoms with Crippen molar-refractivity contribution in [1.29, 1.82) is 0 Å². The molecule has 0 aliphatic heterocycles. The Balaban J connectivity index is 1.78. The normalized spacial score (nSPS) is 24.0. The van der Waals surface area contributed by atoms with Crippen LogP contribution in [0.5, 0.6) is 0 Å². The summed E-state index contributed by atoms with van der Waals surface area (Å²) >= 11 is 0. The highest BCUT2D eigenvalue weighted by atomic mass is 16.5. The van der Waals surface area contributed by atoms with Gasteiger partial charge in [0.05, 0.1) is 0 Å². The molecular weight excluding hydrogens is 226 g/mol. The van der Waals surface area contributed by atoms with Crippen molar-refractivity contribution in [2.24, 2.45) is 0 Å². The standard InChI is InChI=1S/C15H17NO2/c17-10-18-12-7-5-11(6-8-12)14-9-16-15-4-2-1-3-13(14)15/h1-4,9-12,16H,5-8H2. The molecule has 0 amide bonds. The number of ether oxygens (including phenoxy) is 1. The van der Waals surface area contributed by atoms with Crippen LogP contribution in [-0.4, -0.2) is 17.6 Å². The second kappa shape index (κ2) is 4.84. The number of H-pyrrole nitrogens is 1. The van der Waals surface area contributed by atoms with Crippen LogP contribution in [0.2, 0.25) is 0 Å². The van der Waals surface area contributed by atoms with E-state index >= 15 is 0 Å². The van der Waals surface area contributed by atoms with Gasteiger partial charge < -0.3 is 9.72 Å². The molecule has 1 aromatic carbocycles. The summed E-state index contributed by atoms with van der Waals surface area (Å²) in [6.45, 7) is 0.580. The Morgan fingerprint density at radius 3 is 2.72 bits per heavy atom. The molecule has 0 bridgehead atoms. The number of hydrogen-bond acceptors (Lipinski definition) is 2. The number of fused-ring (bicyclic) bond motifs is 1. The van der Waals surface area contributed by atoms with Gasteiger partial charge in [-0.2, -0.15) is 0 Å². The summed E-state index contributed by atoms with van der Waals surface area (Å²) in [6, 6.07) is 8.42. The Bertz CT molecular complexity index is 538. The molecule has 3 rings (SSSR count). The van der Waals surface area contributed by atoms with E-state index in [9.17, 15) is 4.79 Å². The van der Waals surface area contributed by atoms with Gasteiger partial charge in [0.1, 0.15) is 6.10 Å². The van der Waals surface area contributed by atoms with Gasteiger partial charge in [-0.3, -0.25) is 4.79 Å². The van der Waals surface area contributed by atoms with E-state index in [1.165, 1.54) is 16.5 Å². The third-order valence-electron chi connectivity index (χ3n) is 3.98. The van der Waals surface area contributed by atoms with E-state index < -0.39 is 0 Å². The van der Waals surface area contributed by atoms with Gasteiger partial charge in [-0.25, -0.2) is 0 Å². The molecular formula is C15H17NO2. The second-order valence-electron chi connectivity index (χ2n) is 5.00. The largest absolute Gasteiger partial charge is 0.465 e. The lowest BCUT2D eigenvalue weighted by molar-refractivity contribution is -0.135. The van der Waals surface area contributed by atoms with Crippen LogP contribution in [0.25, 0.3) is 10.9 Å². The number of nitrogens with one attached hydrogen (secondary N) is 1. The minimum Gasteiger partial charge on any atom is -0.465 e. The molecule has 0 radical (unpaired) electrons. The molecule has 94 valence electrons. The van der Waals surface area contributed by atoms with Crippen LogP contribution in [0, 0.1) is 0 Å². The fourth-order valence-electron chi connectivity index (χ4n) is 3.02. The molecule has 1 fully saturated rings. The lowest BCUT2D eigenvalue weighted by atomic mass is 9.82. The predicted molar refractivity (Wildman–Crippen MR) is 70.4 cm³/mol. The van der Waals surface area contributed by atoms with Crippen LogP contribution in [0.4, 0.5) is 0 Å². The molecule has 1 heterocycles. The van der Waals surface area contributed by atoms with Crippen molar-refractivity contribution in [2.45, 2.75) is 37.7 Å². The monoisotopic (exact) mass is 243 g/mol. The highest BCUT2D eigenvalue weighted by molar-refractivity contribution is 5.83. The number of benzene rings is 1. The summed E-state index contributed by atoms with van der Waals surface area (Å²) in [6.07, 6.45) is 6.41. The summed E-state index contributed by atoms with van der Waals surface area (Å²) in [5, 5.41) is 1.33. The van der Waals surface area contributed by atoms with Crippen LogP contribution >= 0.6 is 0 Å². The zero-order valence-corrected chi connectivity index (χ0v) is 10.3. The molecule has 3 nitrogen and oxygen atoms in total. The zero-order valence-electron chi connectivity index (χ0n) is 10.3. The average Bonchev–Trinajstić information content (AvgIpc) is 2.84. The van der Waals surface area contributed by atoms with Gasteiger partial charge in [0, 0.05) is 17.1 Å². The van der Waals surface area contributed by atoms with E-state index in [1.807, 2.05) is 0 Å². The van der Waals surface area contributed by atoms with Crippen LogP contribution in [-0.2, 0) is 9.53 Å². The molecule has 1 N–H and O–H groups in total. The molecule has 1 saturated carbocycles. The number of para-hydroxylation sites is 1. The van der Waals surface area contributed by atoms with Crippen LogP contribution in [0.3, 0.4) is 0 Å². The summed E-state index contributed by atoms with van der Waals surface area (Å²) in [5.41, 5.74) is 2.62. The van der Waals surface area contributed by atoms with E-state index in [4.69, 9.17) is 4.74 Å². The Kier molecular flexibility index (Phi) is 3.05. The van der Waals surface area contributed by atoms with Gasteiger partial charge in [-0.15, -0.1) is 0 Å². The van der Waals surface area contributed by atoms with Gasteiger partial charge in [-0.1, -0.05) is 18.2 Å². The maximum Gasteiger partial charge on any atom is 0.293 e. The number of aromatic nitrogens is 1. The highest BCUT2D eigenvalue weighted by Gasteiger charge is 2.24. The summed E-state index contributed by atoms with van der Waals surface area (Å²) in [7, 11) is 0. The van der Waals surface area contributed by atoms with Gasteiger partial charge in [0.2, 0.25) is 0 Å². The Hall–Kier alpha value is -1.77. The number of rotatable bonds is 3. The Labute approximate surface area is 106 Å². The molecule has 18 heavy (non-hydrogen) atoms. The van der Waals surface area contributed by atoms with Crippen LogP contribution in [0.1, 0.15) is 37.2 Å². The third kappa shape index (κ3) is 2.01. The first-order valence-electron chi connectivity index (χ1n) is 6.53. The average molecular weight is 243 g/mol. The lowest BCUT2D eigenvalue weighted by Crippen LogP contribution is -2.20. The van der Waals surface area contributed by atoms with Gasteiger partial charge in [0.15, 0.2) is 0 Å². The van der Waals surface area contributed by atoms with Crippen molar-refractivity contribution in [3.05, 3.63) is 36.0 Å². The molecule has 2 aromatic rings. The minimum absolute atomic E-state index is 0.129. The Morgan fingerprint density at radius 1 is 1.17 bits per heavy atom. The quantitative estimate of drug-likeness (QED) is 0.840. The van der Waals surface area contributed by atoms with E-state index in [0.29, 0.717) is 12.4 Å². The van der Waals surface area contributed by atoms with Crippen molar-refractivity contribution >= 4 is 17.4 Å². The van der Waals surface area contributed by atoms with Crippen molar-refractivity contribution in [3.8, 4) is 0 Å². The van der Waals surface area contributed by atoms with E-state index in [-0.39, 0.29) is 6.10 Å². The minimum atomic E-state index is 0.129. The molecule has 1 aliphatic rings. The fraction of sp³-hybridized carbons (Fsp3) is 0.400. The molecule has 3 heteroatoms. The number of aromatic amines is 1. The second-order valence-corrected chi connectivity index (χ2v) is 5.00. The summed E-state index contributed by atoms with van der Waals surface area (Å²) in [5.74, 6) is 0.590. The van der Waals surface area contributed by atoms with E-state index in [0.717, 1.165) is 25.7 Å². The van der Waals surface area contributed by atoms with E-state index in [1.54, 1.807) is 0 Å². The number of carbonyl (C=O) groups excluding carboxylic acids is 1. The van der Waals surface area contributed by atoms with Crippen molar-refractivity contribution < 1.29 is 9.53 Å². The smallest absolute Gasteiger partial charge is 0.293 e. The van der Waals surface area contributed by atoms with Gasteiger partial charge in [-0.05, 0) is 43.2 Å². The molecule has 0 spiro atoms. The van der Waals surface area contributed by atoms with Crippen LogP contribution in [0.15, 0.2) is 30.5 Å². The van der Waals surface area contributed by atoms with E-state index in [2.05, 4.69) is 35.4 Å². The van der Waals surface area contributed by atoms with Crippen molar-refractivity contribution in [1.82, 2.24) is 4.98 Å². The van der Waals surface area contributed by atoms with Gasteiger partial charge in [0.25, 0.3) is 6.47 Å². The molecule has 0 atom stereocenters. The first-order valence-corrected chi connectivity index (χ1v) is 6.53. The predicted octanol–water partition coefficient (Wildman–Crippen LogP) is 3.37. The molecule has 1 aliphatic carbocycles. The van der Waals surface area contributed by atoms with Crippen molar-refractivity contribution in [2.75, 3.05) is 0 Å². The first-order chi connectivity index (χ1) is 8.88. The Morgan fingerprint density at radius 2 is 1.94 bits per heavy atom. The van der Waals surface area contributed by atoms with Gasteiger partial charge >= 0.3 is 0 Å². The summed E-state index contributed by atoms with van der Waals surface area (Å²) in [4.78, 5) is 13.7. The fourth-order valence-corrected chi connectivity index (χ4v) is 3.02. The first kappa shape index (κ1) is 11.3. The van der Waals surface area contributed by atoms with Crippen molar-refractivity contribution in [3.63, 3.8) is 0 Å². The maximum atomic E-state index is 10.3. The maximum absolute atomic E-state index is 10.3. The van der Waals surface area contributed by atoms with Crippen LogP contribution < -0.4 is 0 Å². The lowest BCUT2D eigenvalue weighted by Gasteiger charge is -2.27. The molecule has 0 unspecified atom stereocenters. The SMILES string of the molecule is O=COC1CCC(c2c[nH]c3ccccc23)CC1. The summed E-state index contributed by atoms with van der Waals surface area (Å²) < 4.78 is 5.05. The molecule has 0 saturated heterocycles. The number of carbonyl (C=O) groups is 1. The number of hydrogen-bond donors (Lipinski definition) is 1. The molecule has 1 aromatic heterocycles. The topological polar surface area (TPSA) is 42.1 Å². The highest BCUT2D eigenvalue weighted by Crippen LogP contribution is 2.37. The zero-order chi connectivity index (χ0) is 12.4. The third-order valence-corrected chi connectivity index (χ3v) is 3.98.